The maximum atomic E-state index is 12.3. The van der Waals surface area contributed by atoms with Crippen LogP contribution in [-0.4, -0.2) is 40.2 Å². The van der Waals surface area contributed by atoms with Gasteiger partial charge < -0.3 is 14.2 Å². The molecule has 1 unspecified atom stereocenters. The Kier molecular flexibility index (Phi) is 4.45. The van der Waals surface area contributed by atoms with E-state index in [0.717, 1.165) is 12.8 Å². The number of nitrogens with one attached hydrogen (secondary N) is 1. The molecule has 0 spiro atoms. The lowest BCUT2D eigenvalue weighted by Gasteiger charge is -2.19. The lowest BCUT2D eigenvalue weighted by atomic mass is 10.3. The van der Waals surface area contributed by atoms with Crippen molar-refractivity contribution in [3.63, 3.8) is 0 Å². The van der Waals surface area contributed by atoms with Crippen LogP contribution in [0.1, 0.15) is 19.8 Å². The number of sulfonamides is 1. The fraction of sp³-hybridized carbons (Fsp3) is 0.533. The molecule has 7 nitrogen and oxygen atoms in total. The molecule has 0 radical (unpaired) electrons. The average molecular weight is 341 g/mol. The van der Waals surface area contributed by atoms with Crippen molar-refractivity contribution in [3.8, 4) is 11.5 Å². The normalized spacial score (nSPS) is 18.3. The molecule has 3 rings (SSSR count). The summed E-state index contributed by atoms with van der Waals surface area (Å²) in [6.45, 7) is 2.80. The quantitative estimate of drug-likeness (QED) is 0.832. The van der Waals surface area contributed by atoms with E-state index < -0.39 is 22.0 Å². The van der Waals surface area contributed by atoms with E-state index in [1.165, 1.54) is 25.1 Å². The van der Waals surface area contributed by atoms with E-state index in [1.54, 1.807) is 0 Å². The molecule has 1 aliphatic heterocycles. The average Bonchev–Trinajstić information content (AvgIpc) is 3.36. The number of ether oxygens (including phenoxy) is 3. The lowest BCUT2D eigenvalue weighted by molar-refractivity contribution is -0.130. The van der Waals surface area contributed by atoms with Crippen molar-refractivity contribution in [2.24, 2.45) is 5.92 Å². The van der Waals surface area contributed by atoms with Gasteiger partial charge in [-0.05, 0) is 37.8 Å². The summed E-state index contributed by atoms with van der Waals surface area (Å²) in [6, 6.07) is 4.24. The molecule has 1 heterocycles. The fourth-order valence-corrected chi connectivity index (χ4v) is 3.16. The van der Waals surface area contributed by atoms with Gasteiger partial charge in [-0.25, -0.2) is 13.1 Å². The van der Waals surface area contributed by atoms with Crippen molar-refractivity contribution in [2.75, 3.05) is 19.8 Å². The Bertz CT molecular complexity index is 698. The first-order valence-corrected chi connectivity index (χ1v) is 9.02. The predicted octanol–water partition coefficient (Wildman–Crippen LogP) is 1.08. The van der Waals surface area contributed by atoms with Crippen molar-refractivity contribution in [1.82, 2.24) is 4.72 Å². The number of hydrogen-bond donors (Lipinski definition) is 1. The minimum absolute atomic E-state index is 0.0514. The third kappa shape index (κ3) is 3.94. The molecule has 1 aromatic rings. The topological polar surface area (TPSA) is 90.9 Å². The van der Waals surface area contributed by atoms with E-state index >= 15 is 0 Å². The second-order valence-corrected chi connectivity index (χ2v) is 7.38. The molecule has 0 aromatic heterocycles. The summed E-state index contributed by atoms with van der Waals surface area (Å²) in [5.41, 5.74) is 0. The summed E-state index contributed by atoms with van der Waals surface area (Å²) in [4.78, 5) is 11.9. The van der Waals surface area contributed by atoms with Crippen LogP contribution in [0, 0.1) is 5.92 Å². The minimum atomic E-state index is -3.98. The van der Waals surface area contributed by atoms with Crippen molar-refractivity contribution in [3.05, 3.63) is 18.2 Å². The molecule has 2 aliphatic rings. The number of amides is 1. The molecule has 1 atom stereocenters. The molecule has 1 aromatic carbocycles. The van der Waals surface area contributed by atoms with E-state index in [4.69, 9.17) is 14.2 Å². The van der Waals surface area contributed by atoms with Gasteiger partial charge in [0, 0.05) is 6.07 Å². The van der Waals surface area contributed by atoms with Crippen LogP contribution in [-0.2, 0) is 19.6 Å². The summed E-state index contributed by atoms with van der Waals surface area (Å²) >= 11 is 0. The second kappa shape index (κ2) is 6.37. The maximum absolute atomic E-state index is 12.3. The molecule has 23 heavy (non-hydrogen) atoms. The van der Waals surface area contributed by atoms with E-state index in [2.05, 4.69) is 0 Å². The molecule has 1 fully saturated rings. The summed E-state index contributed by atoms with van der Waals surface area (Å²) < 4.78 is 42.7. The van der Waals surface area contributed by atoms with E-state index in [0.29, 0.717) is 37.2 Å². The Balaban J connectivity index is 1.66. The van der Waals surface area contributed by atoms with Gasteiger partial charge in [0.1, 0.15) is 19.3 Å². The van der Waals surface area contributed by atoms with E-state index in [9.17, 15) is 13.2 Å². The van der Waals surface area contributed by atoms with Gasteiger partial charge in [0.25, 0.3) is 15.9 Å². The molecule has 1 saturated carbocycles. The molecule has 0 saturated heterocycles. The fourth-order valence-electron chi connectivity index (χ4n) is 2.11. The Morgan fingerprint density at radius 2 is 2.00 bits per heavy atom. The molecule has 1 amide bonds. The number of rotatable bonds is 6. The third-order valence-electron chi connectivity index (χ3n) is 3.71. The number of fused-ring (bicyclic) bond motifs is 1. The number of carbonyl (C=O) groups is 1. The van der Waals surface area contributed by atoms with Crippen LogP contribution in [0.15, 0.2) is 23.1 Å². The highest BCUT2D eigenvalue weighted by molar-refractivity contribution is 7.90. The highest BCUT2D eigenvalue weighted by Crippen LogP contribution is 2.32. The summed E-state index contributed by atoms with van der Waals surface area (Å²) in [5, 5.41) is 0. The van der Waals surface area contributed by atoms with Gasteiger partial charge in [-0.15, -0.1) is 0 Å². The van der Waals surface area contributed by atoms with E-state index in [-0.39, 0.29) is 4.90 Å². The highest BCUT2D eigenvalue weighted by atomic mass is 32.2. The van der Waals surface area contributed by atoms with Gasteiger partial charge >= 0.3 is 0 Å². The lowest BCUT2D eigenvalue weighted by Crippen LogP contribution is -2.38. The Morgan fingerprint density at radius 1 is 1.30 bits per heavy atom. The maximum Gasteiger partial charge on any atom is 0.264 e. The first kappa shape index (κ1) is 16.1. The predicted molar refractivity (Wildman–Crippen MR) is 80.9 cm³/mol. The Morgan fingerprint density at radius 3 is 2.70 bits per heavy atom. The van der Waals surface area contributed by atoms with Crippen molar-refractivity contribution in [2.45, 2.75) is 30.8 Å². The molecule has 0 bridgehead atoms. The molecule has 1 N–H and O–H groups in total. The first-order valence-electron chi connectivity index (χ1n) is 7.53. The van der Waals surface area contributed by atoms with Crippen LogP contribution in [0.3, 0.4) is 0 Å². The number of benzene rings is 1. The highest BCUT2D eigenvalue weighted by Gasteiger charge is 2.27. The van der Waals surface area contributed by atoms with Gasteiger partial charge in [0.15, 0.2) is 11.5 Å². The smallest absolute Gasteiger partial charge is 0.264 e. The van der Waals surface area contributed by atoms with Gasteiger partial charge in [-0.1, -0.05) is 0 Å². The monoisotopic (exact) mass is 341 g/mol. The summed E-state index contributed by atoms with van der Waals surface area (Å²) in [6.07, 6.45) is 1.39. The standard InChI is InChI=1S/C15H19NO6S/c1-10(22-9-11-2-3-11)15(17)16-23(18,19)12-4-5-13-14(8-12)21-7-6-20-13/h4-5,8,10-11H,2-3,6-7,9H2,1H3,(H,16,17). The Hall–Kier alpha value is -1.80. The largest absolute Gasteiger partial charge is 0.486 e. The van der Waals surface area contributed by atoms with Crippen molar-refractivity contribution >= 4 is 15.9 Å². The summed E-state index contributed by atoms with van der Waals surface area (Å²) in [7, 11) is -3.98. The van der Waals surface area contributed by atoms with Gasteiger partial charge in [0.05, 0.1) is 11.5 Å². The number of hydrogen-bond acceptors (Lipinski definition) is 6. The van der Waals surface area contributed by atoms with Gasteiger partial charge in [-0.2, -0.15) is 0 Å². The van der Waals surface area contributed by atoms with Crippen LogP contribution >= 0.6 is 0 Å². The number of carbonyl (C=O) groups excluding carboxylic acids is 1. The molecular weight excluding hydrogens is 322 g/mol. The van der Waals surface area contributed by atoms with Crippen molar-refractivity contribution in [1.29, 1.82) is 0 Å². The molecule has 1 aliphatic carbocycles. The first-order chi connectivity index (χ1) is 11.0. The zero-order valence-electron chi connectivity index (χ0n) is 12.8. The second-order valence-electron chi connectivity index (χ2n) is 5.69. The van der Waals surface area contributed by atoms with Crippen LogP contribution in [0.4, 0.5) is 0 Å². The van der Waals surface area contributed by atoms with Gasteiger partial charge in [-0.3, -0.25) is 4.79 Å². The summed E-state index contributed by atoms with van der Waals surface area (Å²) in [5.74, 6) is 0.660. The molecule has 8 heteroatoms. The van der Waals surface area contributed by atoms with Crippen LogP contribution in [0.5, 0.6) is 11.5 Å². The molecule has 126 valence electrons. The third-order valence-corrected chi connectivity index (χ3v) is 5.05. The zero-order chi connectivity index (χ0) is 16.4. The van der Waals surface area contributed by atoms with Gasteiger partial charge in [0.2, 0.25) is 0 Å². The minimum Gasteiger partial charge on any atom is -0.486 e. The Labute approximate surface area is 135 Å². The van der Waals surface area contributed by atoms with Crippen LogP contribution in [0.2, 0.25) is 0 Å². The zero-order valence-corrected chi connectivity index (χ0v) is 13.6. The van der Waals surface area contributed by atoms with Crippen molar-refractivity contribution < 1.29 is 27.4 Å². The van der Waals surface area contributed by atoms with Crippen LogP contribution in [0.25, 0.3) is 0 Å². The SMILES string of the molecule is CC(OCC1CC1)C(=O)NS(=O)(=O)c1ccc2c(c1)OCCO2. The van der Waals surface area contributed by atoms with Crippen LogP contribution < -0.4 is 14.2 Å². The molecular formula is C15H19NO6S. The van der Waals surface area contributed by atoms with E-state index in [1.807, 2.05) is 4.72 Å².